The molecule has 0 saturated carbocycles. The third-order valence-corrected chi connectivity index (χ3v) is 4.60. The van der Waals surface area contributed by atoms with E-state index in [1.54, 1.807) is 0 Å². The van der Waals surface area contributed by atoms with Crippen LogP contribution in [0.15, 0.2) is 6.20 Å². The van der Waals surface area contributed by atoms with E-state index in [9.17, 15) is 0 Å². The zero-order valence-electron chi connectivity index (χ0n) is 13.6. The van der Waals surface area contributed by atoms with Crippen molar-refractivity contribution in [1.82, 2.24) is 9.97 Å². The van der Waals surface area contributed by atoms with Crippen molar-refractivity contribution in [2.75, 3.05) is 24.5 Å². The molecule has 2 N–H and O–H groups in total. The van der Waals surface area contributed by atoms with E-state index in [4.69, 9.17) is 10.7 Å². The molecule has 0 bridgehead atoms. The molecule has 2 heterocycles. The Kier molecular flexibility index (Phi) is 6.43. The van der Waals surface area contributed by atoms with Gasteiger partial charge in [-0.1, -0.05) is 26.2 Å². The van der Waals surface area contributed by atoms with Crippen molar-refractivity contribution in [2.24, 2.45) is 11.7 Å². The summed E-state index contributed by atoms with van der Waals surface area (Å²) in [6.45, 7) is 7.25. The number of aromatic nitrogens is 2. The van der Waals surface area contributed by atoms with Crippen LogP contribution in [0.3, 0.4) is 0 Å². The van der Waals surface area contributed by atoms with Gasteiger partial charge in [-0.3, -0.25) is 0 Å². The SMILES string of the molecule is CCCCCCc1cnc(N2CCC(CN)CC2)nc1C. The van der Waals surface area contributed by atoms with Crippen LogP contribution in [0.25, 0.3) is 0 Å². The molecule has 1 aromatic heterocycles. The number of piperidine rings is 1. The van der Waals surface area contributed by atoms with Crippen LogP contribution in [0.4, 0.5) is 5.95 Å². The maximum Gasteiger partial charge on any atom is 0.225 e. The van der Waals surface area contributed by atoms with Gasteiger partial charge >= 0.3 is 0 Å². The Balaban J connectivity index is 1.89. The molecule has 0 unspecified atom stereocenters. The molecule has 0 aromatic carbocycles. The molecule has 0 spiro atoms. The minimum atomic E-state index is 0.681. The highest BCUT2D eigenvalue weighted by Crippen LogP contribution is 2.21. The number of unbranched alkanes of at least 4 members (excludes halogenated alkanes) is 3. The van der Waals surface area contributed by atoms with E-state index in [1.807, 2.05) is 6.20 Å². The molecule has 21 heavy (non-hydrogen) atoms. The first kappa shape index (κ1) is 16.2. The Morgan fingerprint density at radius 1 is 1.24 bits per heavy atom. The predicted molar refractivity (Wildman–Crippen MR) is 88.6 cm³/mol. The average Bonchev–Trinajstić information content (AvgIpc) is 2.53. The van der Waals surface area contributed by atoms with E-state index < -0.39 is 0 Å². The summed E-state index contributed by atoms with van der Waals surface area (Å²) in [5.74, 6) is 1.58. The molecule has 4 heteroatoms. The highest BCUT2D eigenvalue weighted by molar-refractivity contribution is 5.33. The summed E-state index contributed by atoms with van der Waals surface area (Å²) >= 11 is 0. The fourth-order valence-corrected chi connectivity index (χ4v) is 2.99. The normalized spacial score (nSPS) is 16.4. The van der Waals surface area contributed by atoms with Crippen LogP contribution < -0.4 is 10.6 Å². The van der Waals surface area contributed by atoms with Crippen molar-refractivity contribution < 1.29 is 0 Å². The molecule has 1 aromatic rings. The van der Waals surface area contributed by atoms with Crippen LogP contribution >= 0.6 is 0 Å². The highest BCUT2D eigenvalue weighted by atomic mass is 15.2. The molecule has 1 aliphatic heterocycles. The summed E-state index contributed by atoms with van der Waals surface area (Å²) in [4.78, 5) is 11.6. The summed E-state index contributed by atoms with van der Waals surface area (Å²) in [5.41, 5.74) is 8.21. The van der Waals surface area contributed by atoms with Gasteiger partial charge in [0, 0.05) is 25.0 Å². The van der Waals surface area contributed by atoms with Crippen LogP contribution in [0.1, 0.15) is 56.7 Å². The quantitative estimate of drug-likeness (QED) is 0.784. The summed E-state index contributed by atoms with van der Waals surface area (Å²) in [6.07, 6.45) is 10.7. The Bertz CT molecular complexity index is 425. The largest absolute Gasteiger partial charge is 0.341 e. The smallest absolute Gasteiger partial charge is 0.225 e. The molecule has 2 rings (SSSR count). The van der Waals surface area contributed by atoms with Gasteiger partial charge in [0.05, 0.1) is 0 Å². The van der Waals surface area contributed by atoms with Crippen molar-refractivity contribution in [3.8, 4) is 0 Å². The lowest BCUT2D eigenvalue weighted by Gasteiger charge is -2.31. The van der Waals surface area contributed by atoms with Crippen molar-refractivity contribution in [1.29, 1.82) is 0 Å². The monoisotopic (exact) mass is 290 g/mol. The van der Waals surface area contributed by atoms with E-state index in [1.165, 1.54) is 31.2 Å². The Morgan fingerprint density at radius 3 is 2.62 bits per heavy atom. The Morgan fingerprint density at radius 2 is 2.00 bits per heavy atom. The molecule has 0 radical (unpaired) electrons. The molecule has 0 atom stereocenters. The minimum Gasteiger partial charge on any atom is -0.341 e. The van der Waals surface area contributed by atoms with Gasteiger partial charge in [0.2, 0.25) is 5.95 Å². The summed E-state index contributed by atoms with van der Waals surface area (Å²) in [7, 11) is 0. The number of anilines is 1. The van der Waals surface area contributed by atoms with Crippen molar-refractivity contribution in [3.05, 3.63) is 17.5 Å². The predicted octanol–water partition coefficient (Wildman–Crippen LogP) is 3.08. The van der Waals surface area contributed by atoms with Gasteiger partial charge in [-0.25, -0.2) is 9.97 Å². The van der Waals surface area contributed by atoms with Gasteiger partial charge in [0.15, 0.2) is 0 Å². The number of aryl methyl sites for hydroxylation is 2. The van der Waals surface area contributed by atoms with E-state index in [0.717, 1.165) is 50.5 Å². The number of hydrogen-bond donors (Lipinski definition) is 1. The fraction of sp³-hybridized carbons (Fsp3) is 0.765. The third-order valence-electron chi connectivity index (χ3n) is 4.60. The van der Waals surface area contributed by atoms with Crippen LogP contribution in [-0.4, -0.2) is 29.6 Å². The lowest BCUT2D eigenvalue weighted by atomic mass is 9.97. The molecule has 4 nitrogen and oxygen atoms in total. The Hall–Kier alpha value is -1.16. The van der Waals surface area contributed by atoms with E-state index in [-0.39, 0.29) is 0 Å². The van der Waals surface area contributed by atoms with Gasteiger partial charge in [-0.2, -0.15) is 0 Å². The van der Waals surface area contributed by atoms with E-state index >= 15 is 0 Å². The average molecular weight is 290 g/mol. The molecule has 0 aliphatic carbocycles. The van der Waals surface area contributed by atoms with Crippen LogP contribution in [0.5, 0.6) is 0 Å². The molecule has 118 valence electrons. The van der Waals surface area contributed by atoms with Crippen LogP contribution in [0.2, 0.25) is 0 Å². The molecule has 1 fully saturated rings. The topological polar surface area (TPSA) is 55.0 Å². The number of rotatable bonds is 7. The number of hydrogen-bond acceptors (Lipinski definition) is 4. The maximum absolute atomic E-state index is 5.75. The zero-order chi connectivity index (χ0) is 15.1. The van der Waals surface area contributed by atoms with E-state index in [2.05, 4.69) is 23.7 Å². The van der Waals surface area contributed by atoms with Crippen molar-refractivity contribution >= 4 is 5.95 Å². The standard InChI is InChI=1S/C17H30N4/c1-3-4-5-6-7-16-13-19-17(20-14(16)2)21-10-8-15(12-18)9-11-21/h13,15H,3-12,18H2,1-2H3. The van der Waals surface area contributed by atoms with Gasteiger partial charge in [0.1, 0.15) is 0 Å². The molecular formula is C17H30N4. The first-order valence-electron chi connectivity index (χ1n) is 8.52. The second kappa shape index (κ2) is 8.32. The Labute approximate surface area is 129 Å². The van der Waals surface area contributed by atoms with Gasteiger partial charge in [-0.05, 0) is 50.6 Å². The zero-order valence-corrected chi connectivity index (χ0v) is 13.6. The van der Waals surface area contributed by atoms with Crippen LogP contribution in [-0.2, 0) is 6.42 Å². The van der Waals surface area contributed by atoms with Gasteiger partial charge in [-0.15, -0.1) is 0 Å². The minimum absolute atomic E-state index is 0.681. The maximum atomic E-state index is 5.75. The van der Waals surface area contributed by atoms with Gasteiger partial charge < -0.3 is 10.6 Å². The van der Waals surface area contributed by atoms with Crippen molar-refractivity contribution in [2.45, 2.75) is 58.8 Å². The lowest BCUT2D eigenvalue weighted by molar-refractivity contribution is 0.411. The molecule has 1 aliphatic rings. The molecule has 0 amide bonds. The third kappa shape index (κ3) is 4.67. The second-order valence-corrected chi connectivity index (χ2v) is 6.26. The fourth-order valence-electron chi connectivity index (χ4n) is 2.99. The lowest BCUT2D eigenvalue weighted by Crippen LogP contribution is -2.37. The first-order valence-corrected chi connectivity index (χ1v) is 8.52. The summed E-state index contributed by atoms with van der Waals surface area (Å²) in [5, 5.41) is 0. The first-order chi connectivity index (χ1) is 10.2. The number of nitrogens with two attached hydrogens (primary N) is 1. The van der Waals surface area contributed by atoms with E-state index in [0.29, 0.717) is 5.92 Å². The second-order valence-electron chi connectivity index (χ2n) is 6.26. The van der Waals surface area contributed by atoms with Gasteiger partial charge in [0.25, 0.3) is 0 Å². The van der Waals surface area contributed by atoms with Crippen LogP contribution in [0, 0.1) is 12.8 Å². The number of nitrogens with zero attached hydrogens (tertiary/aromatic N) is 3. The van der Waals surface area contributed by atoms with Crippen molar-refractivity contribution in [3.63, 3.8) is 0 Å². The highest BCUT2D eigenvalue weighted by Gasteiger charge is 2.20. The summed E-state index contributed by atoms with van der Waals surface area (Å²) in [6, 6.07) is 0. The molecular weight excluding hydrogens is 260 g/mol. The summed E-state index contributed by atoms with van der Waals surface area (Å²) < 4.78 is 0. The molecule has 1 saturated heterocycles.